The maximum absolute atomic E-state index is 11.9. The molecule has 3 rings (SSSR count). The third-order valence-electron chi connectivity index (χ3n) is 2.90. The normalized spacial score (nSPS) is 11.2. The van der Waals surface area contributed by atoms with E-state index in [1.165, 1.54) is 6.26 Å². The number of rotatable bonds is 3. The largest absolute Gasteiger partial charge is 0.459 e. The zero-order valence-electron chi connectivity index (χ0n) is 11.2. The first-order valence-electron chi connectivity index (χ1n) is 6.39. The van der Waals surface area contributed by atoms with Gasteiger partial charge < -0.3 is 9.73 Å². The Bertz CT molecular complexity index is 744. The molecule has 0 fully saturated rings. The molecule has 0 unspecified atom stereocenters. The summed E-state index contributed by atoms with van der Waals surface area (Å²) in [7, 11) is 0. The Labute approximate surface area is 120 Å². The van der Waals surface area contributed by atoms with Gasteiger partial charge in [-0.05, 0) is 30.3 Å². The van der Waals surface area contributed by atoms with E-state index in [0.717, 1.165) is 20.9 Å². The van der Waals surface area contributed by atoms with Crippen molar-refractivity contribution in [1.82, 2.24) is 4.98 Å². The smallest absolute Gasteiger partial charge is 0.291 e. The van der Waals surface area contributed by atoms with Gasteiger partial charge in [0.05, 0.1) is 21.5 Å². The zero-order valence-corrected chi connectivity index (χ0v) is 12.0. The van der Waals surface area contributed by atoms with Crippen molar-refractivity contribution in [2.75, 3.05) is 5.32 Å². The van der Waals surface area contributed by atoms with Crippen molar-refractivity contribution in [3.05, 3.63) is 47.4 Å². The van der Waals surface area contributed by atoms with Crippen LogP contribution >= 0.6 is 11.3 Å². The average molecular weight is 286 g/mol. The van der Waals surface area contributed by atoms with E-state index < -0.39 is 0 Å². The van der Waals surface area contributed by atoms with Gasteiger partial charge in [-0.15, -0.1) is 11.3 Å². The van der Waals surface area contributed by atoms with Crippen LogP contribution in [0.25, 0.3) is 10.2 Å². The second-order valence-corrected chi connectivity index (χ2v) is 5.88. The van der Waals surface area contributed by atoms with E-state index in [-0.39, 0.29) is 5.91 Å². The first-order chi connectivity index (χ1) is 9.63. The molecule has 3 aromatic rings. The molecule has 20 heavy (non-hydrogen) atoms. The summed E-state index contributed by atoms with van der Waals surface area (Å²) in [6, 6.07) is 9.05. The number of carbonyl (C=O) groups excluding carboxylic acids is 1. The molecule has 102 valence electrons. The van der Waals surface area contributed by atoms with Crippen molar-refractivity contribution in [2.24, 2.45) is 0 Å². The van der Waals surface area contributed by atoms with Gasteiger partial charge in [0.25, 0.3) is 5.91 Å². The SMILES string of the molecule is CC(C)c1nc2ccc(NC(=O)c3ccco3)cc2s1. The molecule has 0 aliphatic carbocycles. The molecule has 0 atom stereocenters. The lowest BCUT2D eigenvalue weighted by molar-refractivity contribution is 0.0996. The minimum atomic E-state index is -0.247. The maximum atomic E-state index is 11.9. The molecule has 0 radical (unpaired) electrons. The molecule has 1 amide bonds. The third kappa shape index (κ3) is 2.44. The van der Waals surface area contributed by atoms with Gasteiger partial charge in [0.2, 0.25) is 0 Å². The minimum absolute atomic E-state index is 0.247. The third-order valence-corrected chi connectivity index (χ3v) is 4.22. The molecule has 0 aliphatic rings. The molecule has 5 heteroatoms. The molecule has 0 aliphatic heterocycles. The van der Waals surface area contributed by atoms with E-state index in [0.29, 0.717) is 11.7 Å². The number of carbonyl (C=O) groups is 1. The molecule has 0 saturated heterocycles. The Balaban J connectivity index is 1.87. The molecule has 2 heterocycles. The highest BCUT2D eigenvalue weighted by Crippen LogP contribution is 2.29. The quantitative estimate of drug-likeness (QED) is 0.782. The zero-order chi connectivity index (χ0) is 14.1. The number of nitrogens with one attached hydrogen (secondary N) is 1. The summed E-state index contributed by atoms with van der Waals surface area (Å²) in [6.45, 7) is 4.24. The van der Waals surface area contributed by atoms with Crippen LogP contribution in [-0.2, 0) is 0 Å². The lowest BCUT2D eigenvalue weighted by Gasteiger charge is -2.02. The predicted molar refractivity (Wildman–Crippen MR) is 80.4 cm³/mol. The molecular weight excluding hydrogens is 272 g/mol. The maximum Gasteiger partial charge on any atom is 0.291 e. The van der Waals surface area contributed by atoms with Crippen LogP contribution < -0.4 is 5.32 Å². The average Bonchev–Trinajstić information content (AvgIpc) is 3.07. The van der Waals surface area contributed by atoms with E-state index in [2.05, 4.69) is 24.1 Å². The summed E-state index contributed by atoms with van der Waals surface area (Å²) in [5.41, 5.74) is 1.72. The topological polar surface area (TPSA) is 55.1 Å². The molecule has 0 spiro atoms. The number of amides is 1. The number of fused-ring (bicyclic) bond motifs is 1. The standard InChI is InChI=1S/C15H14N2O2S/c1-9(2)15-17-11-6-5-10(8-13(11)20-15)16-14(18)12-4-3-7-19-12/h3-9H,1-2H3,(H,16,18). The van der Waals surface area contributed by atoms with Gasteiger partial charge in [0, 0.05) is 11.6 Å². The molecule has 1 N–H and O–H groups in total. The van der Waals surface area contributed by atoms with E-state index in [1.54, 1.807) is 23.5 Å². The first kappa shape index (κ1) is 12.9. The van der Waals surface area contributed by atoms with Gasteiger partial charge in [0.1, 0.15) is 0 Å². The van der Waals surface area contributed by atoms with Crippen LogP contribution in [0.4, 0.5) is 5.69 Å². The predicted octanol–water partition coefficient (Wildman–Crippen LogP) is 4.27. The number of nitrogens with zero attached hydrogens (tertiary/aromatic N) is 1. The van der Waals surface area contributed by atoms with Crippen LogP contribution in [0.3, 0.4) is 0 Å². The number of aromatic nitrogens is 1. The minimum Gasteiger partial charge on any atom is -0.459 e. The van der Waals surface area contributed by atoms with E-state index in [4.69, 9.17) is 4.42 Å². The number of benzene rings is 1. The van der Waals surface area contributed by atoms with E-state index in [1.807, 2.05) is 18.2 Å². The summed E-state index contributed by atoms with van der Waals surface area (Å²) in [6.07, 6.45) is 1.48. The van der Waals surface area contributed by atoms with Crippen molar-refractivity contribution in [3.63, 3.8) is 0 Å². The Kier molecular flexibility index (Phi) is 3.28. The number of anilines is 1. The molecular formula is C15H14N2O2S. The number of thiazole rings is 1. The van der Waals surface area contributed by atoms with Gasteiger partial charge in [-0.25, -0.2) is 4.98 Å². The fourth-order valence-electron chi connectivity index (χ4n) is 1.87. The number of hydrogen-bond donors (Lipinski definition) is 1. The summed E-state index contributed by atoms with van der Waals surface area (Å²) >= 11 is 1.66. The van der Waals surface area contributed by atoms with Gasteiger partial charge in [-0.2, -0.15) is 0 Å². The van der Waals surface area contributed by atoms with Crippen molar-refractivity contribution < 1.29 is 9.21 Å². The fourth-order valence-corrected chi connectivity index (χ4v) is 2.88. The van der Waals surface area contributed by atoms with Gasteiger partial charge >= 0.3 is 0 Å². The Morgan fingerprint density at radius 3 is 2.90 bits per heavy atom. The molecule has 0 bridgehead atoms. The second kappa shape index (κ2) is 5.09. The Morgan fingerprint density at radius 1 is 1.35 bits per heavy atom. The van der Waals surface area contributed by atoms with Crippen molar-refractivity contribution in [2.45, 2.75) is 19.8 Å². The van der Waals surface area contributed by atoms with Crippen LogP contribution in [0, 0.1) is 0 Å². The lowest BCUT2D eigenvalue weighted by atomic mass is 10.2. The summed E-state index contributed by atoms with van der Waals surface area (Å²) < 4.78 is 6.14. The molecule has 0 saturated carbocycles. The highest BCUT2D eigenvalue weighted by Gasteiger charge is 2.11. The van der Waals surface area contributed by atoms with Crippen molar-refractivity contribution in [3.8, 4) is 0 Å². The molecule has 1 aromatic carbocycles. The monoisotopic (exact) mass is 286 g/mol. The second-order valence-electron chi connectivity index (χ2n) is 4.82. The van der Waals surface area contributed by atoms with Crippen LogP contribution in [-0.4, -0.2) is 10.9 Å². The lowest BCUT2D eigenvalue weighted by Crippen LogP contribution is -2.10. The van der Waals surface area contributed by atoms with Crippen molar-refractivity contribution in [1.29, 1.82) is 0 Å². The Morgan fingerprint density at radius 2 is 2.20 bits per heavy atom. The van der Waals surface area contributed by atoms with Crippen molar-refractivity contribution >= 4 is 33.1 Å². The highest BCUT2D eigenvalue weighted by molar-refractivity contribution is 7.18. The van der Waals surface area contributed by atoms with Gasteiger partial charge in [-0.1, -0.05) is 13.8 Å². The van der Waals surface area contributed by atoms with Crippen LogP contribution in [0.2, 0.25) is 0 Å². The van der Waals surface area contributed by atoms with Crippen LogP contribution in [0.1, 0.15) is 35.3 Å². The first-order valence-corrected chi connectivity index (χ1v) is 7.20. The van der Waals surface area contributed by atoms with Gasteiger partial charge in [-0.3, -0.25) is 4.79 Å². The Hall–Kier alpha value is -2.14. The van der Waals surface area contributed by atoms with E-state index >= 15 is 0 Å². The molecule has 2 aromatic heterocycles. The fraction of sp³-hybridized carbons (Fsp3) is 0.200. The van der Waals surface area contributed by atoms with Crippen LogP contribution in [0.5, 0.6) is 0 Å². The van der Waals surface area contributed by atoms with Crippen LogP contribution in [0.15, 0.2) is 41.0 Å². The summed E-state index contributed by atoms with van der Waals surface area (Å²) in [4.78, 5) is 16.5. The number of hydrogen-bond acceptors (Lipinski definition) is 4. The van der Waals surface area contributed by atoms with Gasteiger partial charge in [0.15, 0.2) is 5.76 Å². The van der Waals surface area contributed by atoms with E-state index in [9.17, 15) is 4.79 Å². The molecule has 4 nitrogen and oxygen atoms in total. The summed E-state index contributed by atoms with van der Waals surface area (Å²) in [5, 5.41) is 3.93. The highest BCUT2D eigenvalue weighted by atomic mass is 32.1. The number of furan rings is 1. The summed E-state index contributed by atoms with van der Waals surface area (Å²) in [5.74, 6) is 0.466.